The number of primary amides is 1. The Hall–Kier alpha value is -2.28. The molecule has 0 fully saturated rings. The molecular formula is C17H24ClN3O4. The first kappa shape index (κ1) is 20.8. The summed E-state index contributed by atoms with van der Waals surface area (Å²) in [6.45, 7) is 5.45. The van der Waals surface area contributed by atoms with Gasteiger partial charge < -0.3 is 21.1 Å². The molecule has 2 atom stereocenters. The second kappa shape index (κ2) is 9.88. The van der Waals surface area contributed by atoms with Crippen molar-refractivity contribution in [1.82, 2.24) is 10.6 Å². The maximum absolute atomic E-state index is 12.0. The Kier molecular flexibility index (Phi) is 8.21. The number of carbonyl (C=O) groups is 3. The van der Waals surface area contributed by atoms with Crippen molar-refractivity contribution in [2.24, 2.45) is 11.7 Å². The van der Waals surface area contributed by atoms with Gasteiger partial charge in [-0.3, -0.25) is 9.59 Å². The van der Waals surface area contributed by atoms with E-state index in [0.717, 1.165) is 0 Å². The van der Waals surface area contributed by atoms with Crippen LogP contribution in [-0.4, -0.2) is 30.6 Å². The second-order valence-corrected chi connectivity index (χ2v) is 6.51. The molecule has 1 aromatic carbocycles. The van der Waals surface area contributed by atoms with Crippen LogP contribution >= 0.6 is 11.6 Å². The third kappa shape index (κ3) is 7.89. The number of benzene rings is 1. The lowest BCUT2D eigenvalue weighted by molar-refractivity contribution is -0.149. The van der Waals surface area contributed by atoms with Crippen LogP contribution in [0.1, 0.15) is 38.8 Å². The van der Waals surface area contributed by atoms with Crippen LogP contribution in [-0.2, 0) is 14.3 Å². The molecule has 0 aliphatic carbocycles. The van der Waals surface area contributed by atoms with Crippen LogP contribution in [0.3, 0.4) is 0 Å². The van der Waals surface area contributed by atoms with Crippen molar-refractivity contribution in [1.29, 1.82) is 0 Å². The molecule has 0 aromatic heterocycles. The quantitative estimate of drug-likeness (QED) is 0.609. The van der Waals surface area contributed by atoms with Gasteiger partial charge >= 0.3 is 12.0 Å². The predicted octanol–water partition coefficient (Wildman–Crippen LogP) is 2.14. The van der Waals surface area contributed by atoms with Crippen LogP contribution < -0.4 is 16.4 Å². The molecule has 4 N–H and O–H groups in total. The summed E-state index contributed by atoms with van der Waals surface area (Å²) in [4.78, 5) is 34.9. The molecule has 8 heteroatoms. The largest absolute Gasteiger partial charge is 0.456 e. The number of halogens is 1. The molecule has 1 aromatic rings. The summed E-state index contributed by atoms with van der Waals surface area (Å²) in [7, 11) is 0. The van der Waals surface area contributed by atoms with E-state index in [1.54, 1.807) is 24.3 Å². The van der Waals surface area contributed by atoms with Crippen LogP contribution in [0.25, 0.3) is 0 Å². The highest BCUT2D eigenvalue weighted by Gasteiger charge is 2.20. The first-order valence-electron chi connectivity index (χ1n) is 7.95. The molecule has 7 nitrogen and oxygen atoms in total. The summed E-state index contributed by atoms with van der Waals surface area (Å²) in [6.07, 6.45) is -0.155. The summed E-state index contributed by atoms with van der Waals surface area (Å²) in [5.74, 6) is -0.727. The third-order valence-corrected chi connectivity index (χ3v) is 3.96. The van der Waals surface area contributed by atoms with E-state index in [1.165, 1.54) is 0 Å². The number of esters is 1. The maximum Gasteiger partial charge on any atom is 0.312 e. The third-order valence-electron chi connectivity index (χ3n) is 3.71. The number of carbonyl (C=O) groups excluding carboxylic acids is 3. The number of nitrogens with two attached hydrogens (primary N) is 1. The van der Waals surface area contributed by atoms with Crippen molar-refractivity contribution in [3.63, 3.8) is 0 Å². The Labute approximate surface area is 152 Å². The van der Waals surface area contributed by atoms with E-state index in [0.29, 0.717) is 10.6 Å². The van der Waals surface area contributed by atoms with E-state index >= 15 is 0 Å². The van der Waals surface area contributed by atoms with E-state index in [2.05, 4.69) is 10.6 Å². The number of nitrogens with one attached hydrogen (secondary N) is 2. The second-order valence-electron chi connectivity index (χ2n) is 6.08. The monoisotopic (exact) mass is 369 g/mol. The molecule has 3 amide bonds. The van der Waals surface area contributed by atoms with Gasteiger partial charge in [-0.05, 0) is 30.5 Å². The molecule has 0 spiro atoms. The molecule has 25 heavy (non-hydrogen) atoms. The first-order chi connectivity index (χ1) is 11.7. The van der Waals surface area contributed by atoms with Gasteiger partial charge in [0.2, 0.25) is 0 Å². The predicted molar refractivity (Wildman–Crippen MR) is 94.9 cm³/mol. The number of hydrogen-bond acceptors (Lipinski definition) is 4. The smallest absolute Gasteiger partial charge is 0.312 e. The van der Waals surface area contributed by atoms with Crippen molar-refractivity contribution in [2.45, 2.75) is 39.3 Å². The summed E-state index contributed by atoms with van der Waals surface area (Å²) in [6, 6.07) is 5.17. The van der Waals surface area contributed by atoms with Gasteiger partial charge in [0.15, 0.2) is 6.61 Å². The molecule has 0 bridgehead atoms. The van der Waals surface area contributed by atoms with Gasteiger partial charge in [0.1, 0.15) is 0 Å². The van der Waals surface area contributed by atoms with Crippen molar-refractivity contribution in [2.75, 3.05) is 6.61 Å². The Morgan fingerprint density at radius 1 is 1.12 bits per heavy atom. The van der Waals surface area contributed by atoms with Gasteiger partial charge in [-0.2, -0.15) is 0 Å². The molecule has 138 valence electrons. The number of urea groups is 1. The minimum Gasteiger partial charge on any atom is -0.456 e. The fourth-order valence-corrected chi connectivity index (χ4v) is 2.08. The molecule has 0 radical (unpaired) electrons. The lowest BCUT2D eigenvalue weighted by Gasteiger charge is -2.19. The fraction of sp³-hybridized carbons (Fsp3) is 0.471. The fourth-order valence-electron chi connectivity index (χ4n) is 1.95. The van der Waals surface area contributed by atoms with Crippen molar-refractivity contribution in [3.8, 4) is 0 Å². The highest BCUT2D eigenvalue weighted by molar-refractivity contribution is 6.30. The molecule has 0 saturated carbocycles. The molecule has 0 heterocycles. The van der Waals surface area contributed by atoms with E-state index < -0.39 is 18.0 Å². The molecule has 1 rings (SSSR count). The van der Waals surface area contributed by atoms with Crippen molar-refractivity contribution >= 4 is 29.5 Å². The van der Waals surface area contributed by atoms with Crippen LogP contribution in [0.5, 0.6) is 0 Å². The van der Waals surface area contributed by atoms with Crippen LogP contribution in [0.2, 0.25) is 5.02 Å². The molecule has 0 saturated heterocycles. The SMILES string of the molecule is CC(C)[C@@H](C)NC(=O)COC(=O)C[C@H](NC(N)=O)c1ccc(Cl)cc1. The minimum atomic E-state index is -0.767. The number of amides is 3. The van der Waals surface area contributed by atoms with Gasteiger partial charge in [-0.25, -0.2) is 4.79 Å². The zero-order valence-corrected chi connectivity index (χ0v) is 15.3. The molecular weight excluding hydrogens is 346 g/mol. The van der Waals surface area contributed by atoms with E-state index in [4.69, 9.17) is 22.1 Å². The Morgan fingerprint density at radius 3 is 2.24 bits per heavy atom. The highest BCUT2D eigenvalue weighted by Crippen LogP contribution is 2.20. The normalized spacial score (nSPS) is 13.0. The Bertz CT molecular complexity index is 604. The summed E-state index contributed by atoms with van der Waals surface area (Å²) < 4.78 is 4.97. The lowest BCUT2D eigenvalue weighted by Crippen LogP contribution is -2.39. The van der Waals surface area contributed by atoms with Gasteiger partial charge in [-0.1, -0.05) is 37.6 Å². The zero-order chi connectivity index (χ0) is 19.0. The average Bonchev–Trinajstić information content (AvgIpc) is 2.52. The van der Waals surface area contributed by atoms with Gasteiger partial charge in [0, 0.05) is 11.1 Å². The number of hydrogen-bond donors (Lipinski definition) is 3. The van der Waals surface area contributed by atoms with E-state index in [-0.39, 0.29) is 30.9 Å². The summed E-state index contributed by atoms with van der Waals surface area (Å²) in [5, 5.41) is 5.74. The molecule has 0 unspecified atom stereocenters. The van der Waals surface area contributed by atoms with Crippen LogP contribution in [0.15, 0.2) is 24.3 Å². The van der Waals surface area contributed by atoms with Gasteiger partial charge in [0.05, 0.1) is 12.5 Å². The van der Waals surface area contributed by atoms with Gasteiger partial charge in [-0.15, -0.1) is 0 Å². The average molecular weight is 370 g/mol. The topological polar surface area (TPSA) is 111 Å². The van der Waals surface area contributed by atoms with E-state index in [1.807, 2.05) is 20.8 Å². The van der Waals surface area contributed by atoms with Crippen molar-refractivity contribution in [3.05, 3.63) is 34.9 Å². The molecule has 0 aliphatic rings. The highest BCUT2D eigenvalue weighted by atomic mass is 35.5. The number of ether oxygens (including phenoxy) is 1. The maximum atomic E-state index is 12.0. The van der Waals surface area contributed by atoms with Crippen molar-refractivity contribution < 1.29 is 19.1 Å². The Balaban J connectivity index is 2.59. The zero-order valence-electron chi connectivity index (χ0n) is 14.5. The van der Waals surface area contributed by atoms with Crippen LogP contribution in [0, 0.1) is 5.92 Å². The number of rotatable bonds is 8. The lowest BCUT2D eigenvalue weighted by atomic mass is 10.0. The van der Waals surface area contributed by atoms with Gasteiger partial charge in [0.25, 0.3) is 5.91 Å². The summed E-state index contributed by atoms with van der Waals surface area (Å²) in [5.41, 5.74) is 5.80. The minimum absolute atomic E-state index is 0.0236. The molecule has 0 aliphatic heterocycles. The summed E-state index contributed by atoms with van der Waals surface area (Å²) >= 11 is 5.83. The first-order valence-corrected chi connectivity index (χ1v) is 8.33. The van der Waals surface area contributed by atoms with Crippen LogP contribution in [0.4, 0.5) is 4.79 Å². The standard InChI is InChI=1S/C17H24ClN3O4/c1-10(2)11(3)20-15(22)9-25-16(23)8-14(21-17(19)24)12-4-6-13(18)7-5-12/h4-7,10-11,14H,8-9H2,1-3H3,(H,20,22)(H3,19,21,24)/t11-,14+/m1/s1. The van der Waals surface area contributed by atoms with E-state index in [9.17, 15) is 14.4 Å². The Morgan fingerprint density at radius 2 is 1.72 bits per heavy atom.